The number of rotatable bonds is 6. The maximum Gasteiger partial charge on any atom is 0.262 e. The summed E-state index contributed by atoms with van der Waals surface area (Å²) in [5, 5.41) is 7.01. The van der Waals surface area contributed by atoms with E-state index < -0.39 is 11.9 Å². The third-order valence-electron chi connectivity index (χ3n) is 3.35. The standard InChI is InChI=1S/C17H16Br2ClN3O3/c1-9(2)14(22-16(24)10-4-3-5-11(20)6-10)17(25)23-21-8-12-7-13(18)15(19)26-12/h3-9,14H,1-2H3,(H,22,24)(H,23,25)/b21-8-. The van der Waals surface area contributed by atoms with Crippen LogP contribution in [0.1, 0.15) is 30.0 Å². The van der Waals surface area contributed by atoms with E-state index in [1.165, 1.54) is 12.3 Å². The van der Waals surface area contributed by atoms with Crippen LogP contribution in [0, 0.1) is 5.92 Å². The van der Waals surface area contributed by atoms with Crippen molar-refractivity contribution in [3.8, 4) is 0 Å². The van der Waals surface area contributed by atoms with Crippen molar-refractivity contribution >= 4 is 61.5 Å². The molecule has 2 rings (SSSR count). The molecule has 1 aromatic heterocycles. The molecular formula is C17H16Br2ClN3O3. The first kappa shape index (κ1) is 20.7. The minimum Gasteiger partial charge on any atom is -0.447 e. The van der Waals surface area contributed by atoms with Crippen LogP contribution in [0.2, 0.25) is 5.02 Å². The molecular weight excluding hydrogens is 489 g/mol. The maximum atomic E-state index is 12.4. The molecule has 0 fully saturated rings. The van der Waals surface area contributed by atoms with E-state index in [1.54, 1.807) is 24.3 Å². The van der Waals surface area contributed by atoms with E-state index in [9.17, 15) is 9.59 Å². The molecule has 0 saturated heterocycles. The average molecular weight is 506 g/mol. The second-order valence-electron chi connectivity index (χ2n) is 5.71. The molecule has 138 valence electrons. The minimum atomic E-state index is -0.756. The molecule has 2 amide bonds. The number of nitrogens with zero attached hydrogens (tertiary/aromatic N) is 1. The summed E-state index contributed by atoms with van der Waals surface area (Å²) in [4.78, 5) is 24.7. The van der Waals surface area contributed by atoms with Gasteiger partial charge >= 0.3 is 0 Å². The molecule has 1 heterocycles. The van der Waals surface area contributed by atoms with E-state index in [0.29, 0.717) is 21.0 Å². The normalized spacial score (nSPS) is 12.4. The highest BCUT2D eigenvalue weighted by Crippen LogP contribution is 2.25. The summed E-state index contributed by atoms with van der Waals surface area (Å²) >= 11 is 12.4. The zero-order valence-corrected chi connectivity index (χ0v) is 17.9. The molecule has 0 aliphatic heterocycles. The molecule has 1 unspecified atom stereocenters. The molecule has 0 aliphatic rings. The van der Waals surface area contributed by atoms with Gasteiger partial charge in [-0.3, -0.25) is 9.59 Å². The van der Waals surface area contributed by atoms with E-state index in [1.807, 2.05) is 13.8 Å². The number of amides is 2. The molecule has 0 aliphatic carbocycles. The van der Waals surface area contributed by atoms with Gasteiger partial charge in [0, 0.05) is 16.7 Å². The predicted molar refractivity (Wildman–Crippen MR) is 107 cm³/mol. The molecule has 1 aromatic carbocycles. The summed E-state index contributed by atoms with van der Waals surface area (Å²) < 4.78 is 6.59. The van der Waals surface area contributed by atoms with Crippen LogP contribution in [0.25, 0.3) is 0 Å². The van der Waals surface area contributed by atoms with Gasteiger partial charge in [-0.05, 0) is 56.0 Å². The van der Waals surface area contributed by atoms with E-state index in [2.05, 4.69) is 47.7 Å². The summed E-state index contributed by atoms with van der Waals surface area (Å²) in [7, 11) is 0. The van der Waals surface area contributed by atoms with Crippen LogP contribution >= 0.6 is 43.5 Å². The molecule has 1 atom stereocenters. The number of furan rings is 1. The van der Waals surface area contributed by atoms with E-state index in [-0.39, 0.29) is 11.8 Å². The Morgan fingerprint density at radius 3 is 2.58 bits per heavy atom. The summed E-state index contributed by atoms with van der Waals surface area (Å²) in [5.74, 6) is -0.506. The zero-order chi connectivity index (χ0) is 19.3. The fourth-order valence-corrected chi connectivity index (χ4v) is 2.84. The third-order valence-corrected chi connectivity index (χ3v) is 5.30. The lowest BCUT2D eigenvalue weighted by atomic mass is 10.0. The lowest BCUT2D eigenvalue weighted by molar-refractivity contribution is -0.123. The van der Waals surface area contributed by atoms with Crippen molar-refractivity contribution in [2.24, 2.45) is 11.0 Å². The second kappa shape index (κ2) is 9.34. The smallest absolute Gasteiger partial charge is 0.262 e. The first-order chi connectivity index (χ1) is 12.3. The number of hydrogen-bond donors (Lipinski definition) is 2. The number of carbonyl (C=O) groups excluding carboxylic acids is 2. The van der Waals surface area contributed by atoms with Crippen molar-refractivity contribution in [1.29, 1.82) is 0 Å². The molecule has 26 heavy (non-hydrogen) atoms. The van der Waals surface area contributed by atoms with Gasteiger partial charge in [-0.2, -0.15) is 5.10 Å². The second-order valence-corrected chi connectivity index (χ2v) is 7.72. The lowest BCUT2D eigenvalue weighted by Gasteiger charge is -2.20. The van der Waals surface area contributed by atoms with E-state index in [4.69, 9.17) is 16.0 Å². The van der Waals surface area contributed by atoms with Gasteiger partial charge in [-0.1, -0.05) is 31.5 Å². The van der Waals surface area contributed by atoms with Gasteiger partial charge in [0.05, 0.1) is 10.7 Å². The van der Waals surface area contributed by atoms with Gasteiger partial charge in [-0.15, -0.1) is 0 Å². The quantitative estimate of drug-likeness (QED) is 0.452. The Morgan fingerprint density at radius 2 is 2.00 bits per heavy atom. The van der Waals surface area contributed by atoms with Crippen molar-refractivity contribution in [2.75, 3.05) is 0 Å². The number of carbonyl (C=O) groups is 2. The SMILES string of the molecule is CC(C)C(NC(=O)c1cccc(Cl)c1)C(=O)N/N=C\c1cc(Br)c(Br)o1. The fraction of sp³-hybridized carbons (Fsp3) is 0.235. The minimum absolute atomic E-state index is 0.139. The van der Waals surface area contributed by atoms with Crippen molar-refractivity contribution < 1.29 is 14.0 Å². The topological polar surface area (TPSA) is 83.7 Å². The van der Waals surface area contributed by atoms with Crippen LogP contribution < -0.4 is 10.7 Å². The first-order valence-electron chi connectivity index (χ1n) is 7.62. The van der Waals surface area contributed by atoms with Crippen molar-refractivity contribution in [2.45, 2.75) is 19.9 Å². The van der Waals surface area contributed by atoms with Crippen LogP contribution in [0.5, 0.6) is 0 Å². The molecule has 0 radical (unpaired) electrons. The summed E-state index contributed by atoms with van der Waals surface area (Å²) in [5.41, 5.74) is 2.79. The van der Waals surface area contributed by atoms with Gasteiger partial charge < -0.3 is 9.73 Å². The molecule has 0 bridgehead atoms. The molecule has 6 nitrogen and oxygen atoms in total. The van der Waals surface area contributed by atoms with Crippen LogP contribution in [-0.2, 0) is 4.79 Å². The van der Waals surface area contributed by atoms with Gasteiger partial charge in [0.2, 0.25) is 0 Å². The Balaban J connectivity index is 2.01. The van der Waals surface area contributed by atoms with Gasteiger partial charge in [-0.25, -0.2) is 5.43 Å². The highest BCUT2D eigenvalue weighted by atomic mass is 79.9. The Kier molecular flexibility index (Phi) is 7.43. The highest BCUT2D eigenvalue weighted by molar-refractivity contribution is 9.13. The van der Waals surface area contributed by atoms with Gasteiger partial charge in [0.1, 0.15) is 11.8 Å². The molecule has 2 N–H and O–H groups in total. The number of hydrogen-bond acceptors (Lipinski definition) is 4. The lowest BCUT2D eigenvalue weighted by Crippen LogP contribution is -2.48. The molecule has 2 aromatic rings. The summed E-state index contributed by atoms with van der Waals surface area (Å²) in [6.45, 7) is 3.65. The van der Waals surface area contributed by atoms with Crippen LogP contribution in [0.15, 0.2) is 49.0 Å². The predicted octanol–water partition coefficient (Wildman–Crippen LogP) is 4.36. The fourth-order valence-electron chi connectivity index (χ4n) is 2.05. The molecule has 0 saturated carbocycles. The Hall–Kier alpha value is -1.64. The number of benzene rings is 1. The molecule has 9 heteroatoms. The van der Waals surface area contributed by atoms with Gasteiger partial charge in [0.25, 0.3) is 11.8 Å². The number of halogens is 3. The van der Waals surface area contributed by atoms with Crippen molar-refractivity contribution in [3.63, 3.8) is 0 Å². The van der Waals surface area contributed by atoms with Crippen molar-refractivity contribution in [3.05, 3.63) is 55.8 Å². The third kappa shape index (κ3) is 5.69. The Bertz CT molecular complexity index is 817. The number of nitrogens with one attached hydrogen (secondary N) is 2. The summed E-state index contributed by atoms with van der Waals surface area (Å²) in [6, 6.07) is 7.45. The maximum absolute atomic E-state index is 12.4. The molecule has 0 spiro atoms. The van der Waals surface area contributed by atoms with Crippen LogP contribution in [0.4, 0.5) is 0 Å². The largest absolute Gasteiger partial charge is 0.447 e. The zero-order valence-electron chi connectivity index (χ0n) is 13.9. The highest BCUT2D eigenvalue weighted by Gasteiger charge is 2.24. The van der Waals surface area contributed by atoms with Crippen molar-refractivity contribution in [1.82, 2.24) is 10.7 Å². The first-order valence-corrected chi connectivity index (χ1v) is 9.58. The number of hydrazone groups is 1. The summed E-state index contributed by atoms with van der Waals surface area (Å²) in [6.07, 6.45) is 1.36. The monoisotopic (exact) mass is 503 g/mol. The Labute approximate surface area is 172 Å². The van der Waals surface area contributed by atoms with Gasteiger partial charge in [0.15, 0.2) is 4.67 Å². The van der Waals surface area contributed by atoms with Crippen LogP contribution in [-0.4, -0.2) is 24.1 Å². The van der Waals surface area contributed by atoms with E-state index >= 15 is 0 Å². The average Bonchev–Trinajstić information content (AvgIpc) is 2.90. The van der Waals surface area contributed by atoms with E-state index in [0.717, 1.165) is 4.47 Å². The van der Waals surface area contributed by atoms with Crippen LogP contribution in [0.3, 0.4) is 0 Å². The Morgan fingerprint density at radius 1 is 1.27 bits per heavy atom.